The molecule has 90 valence electrons. The molecule has 1 aromatic rings. The van der Waals surface area contributed by atoms with Crippen molar-refractivity contribution in [2.45, 2.75) is 13.8 Å². The molecule has 0 aliphatic carbocycles. The number of hydrogen-bond acceptors (Lipinski definition) is 3. The first-order chi connectivity index (χ1) is 8.13. The Morgan fingerprint density at radius 2 is 2.35 bits per heavy atom. The Morgan fingerprint density at radius 1 is 1.59 bits per heavy atom. The van der Waals surface area contributed by atoms with Gasteiger partial charge in [0.2, 0.25) is 0 Å². The quantitative estimate of drug-likeness (QED) is 0.369. The number of thiocarbonyl (C=S) groups is 1. The Morgan fingerprint density at radius 3 is 3.00 bits per heavy atom. The molecule has 4 nitrogen and oxygen atoms in total. The molecule has 0 atom stereocenters. The molecule has 0 radical (unpaired) electrons. The zero-order chi connectivity index (χ0) is 12.7. The van der Waals surface area contributed by atoms with E-state index in [1.165, 1.54) is 0 Å². The summed E-state index contributed by atoms with van der Waals surface area (Å²) >= 11 is 5.02. The second-order valence-corrected chi connectivity index (χ2v) is 3.88. The highest BCUT2D eigenvalue weighted by molar-refractivity contribution is 7.80. The topological polar surface area (TPSA) is 49.3 Å². The number of hydrazone groups is 1. The summed E-state index contributed by atoms with van der Waals surface area (Å²) < 4.78 is 0. The highest BCUT2D eigenvalue weighted by Gasteiger charge is 1.99. The van der Waals surface area contributed by atoms with Crippen LogP contribution >= 0.6 is 12.2 Å². The van der Waals surface area contributed by atoms with Crippen LogP contribution in [0.1, 0.15) is 18.3 Å². The van der Waals surface area contributed by atoms with Crippen LogP contribution in [0.2, 0.25) is 0 Å². The largest absolute Gasteiger partial charge is 0.358 e. The van der Waals surface area contributed by atoms with E-state index >= 15 is 0 Å². The first-order valence-corrected chi connectivity index (χ1v) is 5.67. The summed E-state index contributed by atoms with van der Waals surface area (Å²) in [5.74, 6) is 0. The number of pyridine rings is 1. The van der Waals surface area contributed by atoms with E-state index in [0.717, 1.165) is 17.1 Å². The summed E-state index contributed by atoms with van der Waals surface area (Å²) in [6.07, 6.45) is 1.73. The molecule has 1 aromatic heterocycles. The summed E-state index contributed by atoms with van der Waals surface area (Å²) in [6.45, 7) is 8.03. The minimum atomic E-state index is 0.469. The van der Waals surface area contributed by atoms with Gasteiger partial charge in [0, 0.05) is 12.2 Å². The maximum Gasteiger partial charge on any atom is 0.187 e. The van der Waals surface area contributed by atoms with Crippen molar-refractivity contribution in [3.63, 3.8) is 0 Å². The second kappa shape index (κ2) is 6.75. The molecule has 0 unspecified atom stereocenters. The molecule has 0 bridgehead atoms. The van der Waals surface area contributed by atoms with Crippen molar-refractivity contribution in [1.29, 1.82) is 0 Å². The van der Waals surface area contributed by atoms with Gasteiger partial charge in [-0.05, 0) is 38.2 Å². The average molecular weight is 248 g/mol. The summed E-state index contributed by atoms with van der Waals surface area (Å²) in [5, 5.41) is 7.55. The molecule has 0 spiro atoms. The predicted molar refractivity (Wildman–Crippen MR) is 75.1 cm³/mol. The van der Waals surface area contributed by atoms with Gasteiger partial charge in [-0.2, -0.15) is 5.10 Å². The molecular weight excluding hydrogens is 232 g/mol. The fourth-order valence-corrected chi connectivity index (χ4v) is 1.27. The normalized spacial score (nSPS) is 10.8. The summed E-state index contributed by atoms with van der Waals surface area (Å²) in [7, 11) is 0. The number of nitrogens with zero attached hydrogens (tertiary/aromatic N) is 2. The maximum absolute atomic E-state index is 5.02. The molecule has 0 aromatic carbocycles. The first kappa shape index (κ1) is 13.3. The van der Waals surface area contributed by atoms with Gasteiger partial charge in [-0.1, -0.05) is 12.1 Å². The van der Waals surface area contributed by atoms with Crippen molar-refractivity contribution in [2.75, 3.05) is 6.54 Å². The van der Waals surface area contributed by atoms with Gasteiger partial charge in [-0.3, -0.25) is 10.4 Å². The molecule has 5 heteroatoms. The van der Waals surface area contributed by atoms with Gasteiger partial charge in [-0.15, -0.1) is 6.58 Å². The van der Waals surface area contributed by atoms with E-state index in [0.29, 0.717) is 11.7 Å². The lowest BCUT2D eigenvalue weighted by Crippen LogP contribution is -2.32. The van der Waals surface area contributed by atoms with Crippen LogP contribution in [0, 0.1) is 6.92 Å². The molecule has 0 saturated heterocycles. The zero-order valence-electron chi connectivity index (χ0n) is 10.0. The van der Waals surface area contributed by atoms with Gasteiger partial charge in [0.05, 0.1) is 11.4 Å². The van der Waals surface area contributed by atoms with Gasteiger partial charge in [0.25, 0.3) is 0 Å². The van der Waals surface area contributed by atoms with Gasteiger partial charge in [0.1, 0.15) is 0 Å². The average Bonchev–Trinajstić information content (AvgIpc) is 2.33. The third-order valence-electron chi connectivity index (χ3n) is 1.99. The van der Waals surface area contributed by atoms with Crippen LogP contribution in [0.4, 0.5) is 0 Å². The highest BCUT2D eigenvalue weighted by Crippen LogP contribution is 1.99. The molecule has 0 saturated carbocycles. The molecule has 1 rings (SSSR count). The minimum Gasteiger partial charge on any atom is -0.358 e. The molecule has 0 amide bonds. The van der Waals surface area contributed by atoms with E-state index < -0.39 is 0 Å². The lowest BCUT2D eigenvalue weighted by molar-refractivity contribution is 0.934. The van der Waals surface area contributed by atoms with Crippen LogP contribution in [0.5, 0.6) is 0 Å². The fourth-order valence-electron chi connectivity index (χ4n) is 1.14. The Balaban J connectivity index is 2.60. The van der Waals surface area contributed by atoms with Crippen LogP contribution in [0.25, 0.3) is 0 Å². The number of hydrogen-bond donors (Lipinski definition) is 2. The summed E-state index contributed by atoms with van der Waals surface area (Å²) in [4.78, 5) is 4.36. The fraction of sp³-hybridized carbons (Fsp3) is 0.250. The molecular formula is C12H16N4S. The van der Waals surface area contributed by atoms with Crippen LogP contribution in [-0.2, 0) is 0 Å². The van der Waals surface area contributed by atoms with E-state index in [9.17, 15) is 0 Å². The third-order valence-corrected chi connectivity index (χ3v) is 2.23. The van der Waals surface area contributed by atoms with E-state index in [1.54, 1.807) is 6.08 Å². The van der Waals surface area contributed by atoms with Crippen molar-refractivity contribution < 1.29 is 0 Å². The Labute approximate surface area is 107 Å². The smallest absolute Gasteiger partial charge is 0.187 e. The molecule has 0 aliphatic heterocycles. The van der Waals surface area contributed by atoms with Crippen molar-refractivity contribution in [3.8, 4) is 0 Å². The summed E-state index contributed by atoms with van der Waals surface area (Å²) in [5.41, 5.74) is 5.34. The van der Waals surface area contributed by atoms with Crippen molar-refractivity contribution in [2.24, 2.45) is 5.10 Å². The number of aromatic nitrogens is 1. The minimum absolute atomic E-state index is 0.469. The monoisotopic (exact) mass is 248 g/mol. The zero-order valence-corrected chi connectivity index (χ0v) is 10.8. The Hall–Kier alpha value is -1.75. The standard InChI is InChI=1S/C12H16N4S/c1-4-8-13-12(17)16-15-10(3)11-7-5-6-9(2)14-11/h4-7H,1,8H2,2-3H3,(H2,13,16,17)/b15-10+. The van der Waals surface area contributed by atoms with Gasteiger partial charge < -0.3 is 5.32 Å². The van der Waals surface area contributed by atoms with Gasteiger partial charge in [-0.25, -0.2) is 0 Å². The van der Waals surface area contributed by atoms with Crippen LogP contribution in [-0.4, -0.2) is 22.4 Å². The number of aryl methyl sites for hydroxylation is 1. The third kappa shape index (κ3) is 4.74. The lowest BCUT2D eigenvalue weighted by Gasteiger charge is -2.05. The molecule has 0 aliphatic rings. The Kier molecular flexibility index (Phi) is 5.29. The van der Waals surface area contributed by atoms with Crippen LogP contribution < -0.4 is 10.7 Å². The highest BCUT2D eigenvalue weighted by atomic mass is 32.1. The summed E-state index contributed by atoms with van der Waals surface area (Å²) in [6, 6.07) is 5.80. The van der Waals surface area contributed by atoms with Gasteiger partial charge >= 0.3 is 0 Å². The van der Waals surface area contributed by atoms with Crippen molar-refractivity contribution in [1.82, 2.24) is 15.7 Å². The van der Waals surface area contributed by atoms with Crippen molar-refractivity contribution >= 4 is 23.0 Å². The predicted octanol–water partition coefficient (Wildman–Crippen LogP) is 1.76. The van der Waals surface area contributed by atoms with Crippen LogP contribution in [0.3, 0.4) is 0 Å². The van der Waals surface area contributed by atoms with E-state index in [1.807, 2.05) is 32.0 Å². The van der Waals surface area contributed by atoms with Crippen molar-refractivity contribution in [3.05, 3.63) is 42.2 Å². The lowest BCUT2D eigenvalue weighted by atomic mass is 10.2. The first-order valence-electron chi connectivity index (χ1n) is 5.26. The molecule has 0 fully saturated rings. The van der Waals surface area contributed by atoms with Crippen LogP contribution in [0.15, 0.2) is 36.0 Å². The Bertz CT molecular complexity index is 440. The molecule has 2 N–H and O–H groups in total. The van der Waals surface area contributed by atoms with E-state index in [4.69, 9.17) is 12.2 Å². The van der Waals surface area contributed by atoms with E-state index in [2.05, 4.69) is 27.4 Å². The maximum atomic E-state index is 5.02. The number of nitrogens with one attached hydrogen (secondary N) is 2. The number of rotatable bonds is 4. The van der Waals surface area contributed by atoms with E-state index in [-0.39, 0.29) is 0 Å². The second-order valence-electron chi connectivity index (χ2n) is 3.47. The molecule has 17 heavy (non-hydrogen) atoms. The SMILES string of the molecule is C=CCNC(=S)N/N=C(\C)c1cccc(C)n1. The van der Waals surface area contributed by atoms with Gasteiger partial charge in [0.15, 0.2) is 5.11 Å². The molecule has 1 heterocycles.